The van der Waals surface area contributed by atoms with Gasteiger partial charge in [-0.1, -0.05) is 6.58 Å². The van der Waals surface area contributed by atoms with Crippen molar-refractivity contribution in [3.05, 3.63) is 12.2 Å². The maximum absolute atomic E-state index is 8.30. The third-order valence-corrected chi connectivity index (χ3v) is 0.861. The Bertz CT molecular complexity index is 62.7. The van der Waals surface area contributed by atoms with E-state index in [0.717, 1.165) is 16.1 Å². The van der Waals surface area contributed by atoms with Gasteiger partial charge in [0.15, 0.2) is 0 Å². The van der Waals surface area contributed by atoms with Gasteiger partial charge in [0.1, 0.15) is 10.5 Å². The molecule has 0 fully saturated rings. The molecule has 0 aromatic rings. The topological polar surface area (TPSA) is 29.5 Å². The van der Waals surface area contributed by atoms with Gasteiger partial charge < -0.3 is 9.53 Å². The zero-order valence-electron chi connectivity index (χ0n) is 4.48. The summed E-state index contributed by atoms with van der Waals surface area (Å²) in [7, 11) is 0.720. The van der Waals surface area contributed by atoms with E-state index in [4.69, 9.17) is 9.53 Å². The first-order valence-corrected chi connectivity index (χ1v) is 2.89. The van der Waals surface area contributed by atoms with Crippen LogP contribution in [-0.2, 0) is 4.43 Å². The summed E-state index contributed by atoms with van der Waals surface area (Å²) in [6, 6.07) is 0. The summed E-state index contributed by atoms with van der Waals surface area (Å²) >= 11 is 0. The van der Waals surface area contributed by atoms with Crippen molar-refractivity contribution in [3.8, 4) is 0 Å². The molecule has 0 aromatic heterocycles. The number of rotatable bonds is 3. The van der Waals surface area contributed by atoms with E-state index in [1.54, 1.807) is 0 Å². The van der Waals surface area contributed by atoms with E-state index >= 15 is 0 Å². The highest BCUT2D eigenvalue weighted by Crippen LogP contribution is 1.84. The lowest BCUT2D eigenvalue weighted by molar-refractivity contribution is 0.299. The Morgan fingerprint density at radius 2 is 2.43 bits per heavy atom. The van der Waals surface area contributed by atoms with E-state index in [0.29, 0.717) is 6.61 Å². The molecule has 0 radical (unpaired) electrons. The maximum atomic E-state index is 8.30. The molecule has 0 heterocycles. The Morgan fingerprint density at radius 1 is 1.86 bits per heavy atom. The molecule has 0 bridgehead atoms. The monoisotopic (exact) mass is 118 g/mol. The van der Waals surface area contributed by atoms with E-state index in [9.17, 15) is 0 Å². The molecule has 0 aliphatic carbocycles. The van der Waals surface area contributed by atoms with Gasteiger partial charge in [0.25, 0.3) is 0 Å². The van der Waals surface area contributed by atoms with E-state index < -0.39 is 0 Å². The second-order valence-corrected chi connectivity index (χ2v) is 1.92. The second kappa shape index (κ2) is 4.05. The highest BCUT2D eigenvalue weighted by molar-refractivity contribution is 5.98. The number of hydrogen-bond donors (Lipinski definition) is 1. The molecule has 0 amide bonds. The summed E-state index contributed by atoms with van der Waals surface area (Å²) in [6.45, 7) is 4.07. The second-order valence-electron chi connectivity index (χ2n) is 1.34. The van der Waals surface area contributed by atoms with Crippen molar-refractivity contribution in [1.29, 1.82) is 0 Å². The van der Waals surface area contributed by atoms with Crippen molar-refractivity contribution < 1.29 is 9.53 Å². The van der Waals surface area contributed by atoms with Crippen molar-refractivity contribution in [2.45, 2.75) is 0 Å². The number of aliphatic hydroxyl groups is 1. The molecule has 0 aliphatic heterocycles. The first-order chi connectivity index (χ1) is 3.31. The van der Waals surface area contributed by atoms with Gasteiger partial charge in [0, 0.05) is 0 Å². The van der Waals surface area contributed by atoms with Gasteiger partial charge in [-0.05, 0) is 5.57 Å². The minimum atomic E-state index is 0.0439. The highest BCUT2D eigenvalue weighted by Gasteiger charge is 1.84. The van der Waals surface area contributed by atoms with Gasteiger partial charge in [-0.25, -0.2) is 0 Å². The molecule has 0 spiro atoms. The van der Waals surface area contributed by atoms with E-state index in [2.05, 4.69) is 6.58 Å². The van der Waals surface area contributed by atoms with Crippen molar-refractivity contribution in [3.63, 3.8) is 0 Å². The van der Waals surface area contributed by atoms with E-state index in [1.807, 2.05) is 0 Å². The zero-order chi connectivity index (χ0) is 5.70. The van der Waals surface area contributed by atoms with Crippen molar-refractivity contribution >= 4 is 10.5 Å². The molecule has 3 heteroatoms. The van der Waals surface area contributed by atoms with Gasteiger partial charge in [-0.3, -0.25) is 0 Å². The predicted molar refractivity (Wildman–Crippen MR) is 32.1 cm³/mol. The van der Waals surface area contributed by atoms with Crippen molar-refractivity contribution in [2.75, 3.05) is 13.2 Å². The van der Waals surface area contributed by atoms with Crippen LogP contribution in [0, 0.1) is 0 Å². The molecule has 0 unspecified atom stereocenters. The first kappa shape index (κ1) is 6.88. The van der Waals surface area contributed by atoms with Crippen LogP contribution in [0.3, 0.4) is 0 Å². The number of hydrogen-bond acceptors (Lipinski definition) is 2. The third kappa shape index (κ3) is 3.71. The summed E-state index contributed by atoms with van der Waals surface area (Å²) in [5.41, 5.74) is 0.745. The Kier molecular flexibility index (Phi) is 3.98. The summed E-state index contributed by atoms with van der Waals surface area (Å²) in [5, 5.41) is 8.30. The molecule has 0 saturated carbocycles. The van der Waals surface area contributed by atoms with E-state index in [1.165, 1.54) is 0 Å². The third-order valence-electron chi connectivity index (χ3n) is 0.572. The predicted octanol–water partition coefficient (Wildman–Crippen LogP) is -1.17. The van der Waals surface area contributed by atoms with Crippen LogP contribution >= 0.6 is 0 Å². The normalized spacial score (nSPS) is 9.29. The van der Waals surface area contributed by atoms with Gasteiger partial charge in [0.2, 0.25) is 0 Å². The van der Waals surface area contributed by atoms with Crippen LogP contribution < -0.4 is 0 Å². The Balaban J connectivity index is 3.00. The quantitative estimate of drug-likeness (QED) is 0.374. The van der Waals surface area contributed by atoms with E-state index in [-0.39, 0.29) is 6.61 Å². The van der Waals surface area contributed by atoms with Crippen LogP contribution in [0.2, 0.25) is 0 Å². The van der Waals surface area contributed by atoms with Crippen LogP contribution in [0.15, 0.2) is 12.2 Å². The Labute approximate surface area is 46.3 Å². The molecular weight excluding hydrogens is 108 g/mol. The van der Waals surface area contributed by atoms with Crippen LogP contribution in [0.25, 0.3) is 0 Å². The minimum Gasteiger partial charge on any atom is -0.424 e. The number of aliphatic hydroxyl groups excluding tert-OH is 1. The molecule has 0 aromatic carbocycles. The highest BCUT2D eigenvalue weighted by atomic mass is 28.2. The molecule has 7 heavy (non-hydrogen) atoms. The molecule has 0 aliphatic rings. The maximum Gasteiger partial charge on any atom is 0.146 e. The van der Waals surface area contributed by atoms with Crippen LogP contribution in [0.1, 0.15) is 0 Å². The van der Waals surface area contributed by atoms with Crippen molar-refractivity contribution in [2.24, 2.45) is 0 Å². The molecular formula is C4H10O2Si. The van der Waals surface area contributed by atoms with Gasteiger partial charge in [-0.2, -0.15) is 0 Å². The lowest BCUT2D eigenvalue weighted by Gasteiger charge is -1.96. The lowest BCUT2D eigenvalue weighted by atomic mass is 10.4. The minimum absolute atomic E-state index is 0.0439. The lowest BCUT2D eigenvalue weighted by Crippen LogP contribution is -1.97. The summed E-state index contributed by atoms with van der Waals surface area (Å²) in [4.78, 5) is 0. The fourth-order valence-electron chi connectivity index (χ4n) is 0.250. The van der Waals surface area contributed by atoms with Crippen LogP contribution in [0.4, 0.5) is 0 Å². The van der Waals surface area contributed by atoms with Crippen LogP contribution in [0.5, 0.6) is 0 Å². The molecule has 1 N–H and O–H groups in total. The molecule has 0 rings (SSSR count). The zero-order valence-corrected chi connectivity index (χ0v) is 6.48. The summed E-state index contributed by atoms with van der Waals surface area (Å²) < 4.78 is 4.77. The van der Waals surface area contributed by atoms with Gasteiger partial charge in [0.05, 0.1) is 13.2 Å². The average molecular weight is 118 g/mol. The van der Waals surface area contributed by atoms with Crippen LogP contribution in [-0.4, -0.2) is 28.8 Å². The molecule has 0 atom stereocenters. The van der Waals surface area contributed by atoms with Gasteiger partial charge in [-0.15, -0.1) is 0 Å². The Hall–Kier alpha value is -0.123. The fourth-order valence-corrected chi connectivity index (χ4v) is 0.658. The Morgan fingerprint density at radius 3 is 2.57 bits per heavy atom. The molecule has 0 saturated heterocycles. The summed E-state index contributed by atoms with van der Waals surface area (Å²) in [6.07, 6.45) is 0. The SMILES string of the molecule is C=C(CO)CO[SiH3]. The summed E-state index contributed by atoms with van der Waals surface area (Å²) in [5.74, 6) is 0. The standard InChI is InChI=1S/C4H10O2Si/c1-4(2-5)3-6-7/h5H,1-3H2,7H3. The smallest absolute Gasteiger partial charge is 0.146 e. The van der Waals surface area contributed by atoms with Crippen molar-refractivity contribution in [1.82, 2.24) is 0 Å². The first-order valence-electron chi connectivity index (χ1n) is 2.07. The average Bonchev–Trinajstić information content (AvgIpc) is 1.68. The molecule has 2 nitrogen and oxygen atoms in total. The van der Waals surface area contributed by atoms with Gasteiger partial charge >= 0.3 is 0 Å². The molecule has 42 valence electrons. The fraction of sp³-hybridized carbons (Fsp3) is 0.500. The largest absolute Gasteiger partial charge is 0.424 e.